The average Bonchev–Trinajstić information content (AvgIpc) is 2.55. The number of alkyl carbamates (subject to hydrolysis) is 1. The Hall–Kier alpha value is -2.70. The lowest BCUT2D eigenvalue weighted by atomic mass is 10.2. The van der Waals surface area contributed by atoms with Gasteiger partial charge in [0.1, 0.15) is 17.1 Å². The molecule has 0 radical (unpaired) electrons. The molecule has 1 heterocycles. The molecule has 0 saturated carbocycles. The quantitative estimate of drug-likeness (QED) is 0.557. The zero-order valence-corrected chi connectivity index (χ0v) is 15.4. The molecule has 0 spiro atoms. The fourth-order valence-corrected chi connectivity index (χ4v) is 1.81. The van der Waals surface area contributed by atoms with E-state index in [2.05, 4.69) is 38.9 Å². The molecular formula is C18H27N5O2. The van der Waals surface area contributed by atoms with Gasteiger partial charge in [0.2, 0.25) is 0 Å². The van der Waals surface area contributed by atoms with Gasteiger partial charge in [-0.2, -0.15) is 0 Å². The second-order valence-corrected chi connectivity index (χ2v) is 6.60. The maximum absolute atomic E-state index is 11.6. The van der Waals surface area contributed by atoms with Crippen molar-refractivity contribution in [3.63, 3.8) is 0 Å². The Morgan fingerprint density at radius 1 is 1.36 bits per heavy atom. The summed E-state index contributed by atoms with van der Waals surface area (Å²) < 4.78 is 5.20. The summed E-state index contributed by atoms with van der Waals surface area (Å²) >= 11 is 0. The standard InChI is InChI=1S/C18H27N5O2/c1-7-8-14(19-6)15-11-22-16(12-20-15)21-9-13(2)10-23-17(24)25-18(3,4)5/h7-8,11-13H,1,6,9-10H2,2-5H3,(H,21,22)(H,23,24)/b14-8-. The largest absolute Gasteiger partial charge is 0.444 e. The summed E-state index contributed by atoms with van der Waals surface area (Å²) in [7, 11) is 0. The number of amides is 1. The van der Waals surface area contributed by atoms with Crippen molar-refractivity contribution in [3.05, 3.63) is 36.8 Å². The van der Waals surface area contributed by atoms with Crippen molar-refractivity contribution in [2.24, 2.45) is 10.9 Å². The Balaban J connectivity index is 2.45. The highest BCUT2D eigenvalue weighted by Crippen LogP contribution is 2.13. The molecule has 1 aromatic rings. The zero-order valence-electron chi connectivity index (χ0n) is 15.4. The van der Waals surface area contributed by atoms with Crippen molar-refractivity contribution >= 4 is 24.3 Å². The Kier molecular flexibility index (Phi) is 7.78. The van der Waals surface area contributed by atoms with E-state index >= 15 is 0 Å². The number of ether oxygens (including phenoxy) is 1. The van der Waals surface area contributed by atoms with E-state index in [0.717, 1.165) is 0 Å². The summed E-state index contributed by atoms with van der Waals surface area (Å²) in [6, 6.07) is 0. The zero-order chi connectivity index (χ0) is 18.9. The molecule has 25 heavy (non-hydrogen) atoms. The van der Waals surface area contributed by atoms with Crippen LogP contribution in [0.3, 0.4) is 0 Å². The fourth-order valence-electron chi connectivity index (χ4n) is 1.81. The molecule has 0 saturated heterocycles. The Morgan fingerprint density at radius 3 is 2.60 bits per heavy atom. The van der Waals surface area contributed by atoms with Gasteiger partial charge in [-0.3, -0.25) is 4.99 Å². The minimum atomic E-state index is -0.498. The van der Waals surface area contributed by atoms with Crippen molar-refractivity contribution < 1.29 is 9.53 Å². The van der Waals surface area contributed by atoms with Crippen molar-refractivity contribution in [3.8, 4) is 0 Å². The summed E-state index contributed by atoms with van der Waals surface area (Å²) in [4.78, 5) is 24.1. The molecule has 1 atom stereocenters. The van der Waals surface area contributed by atoms with Crippen LogP contribution in [-0.2, 0) is 4.74 Å². The Labute approximate surface area is 149 Å². The molecule has 1 amide bonds. The van der Waals surface area contributed by atoms with Crippen LogP contribution in [0.15, 0.2) is 36.1 Å². The highest BCUT2D eigenvalue weighted by molar-refractivity contribution is 5.67. The Bertz CT molecular complexity index is 617. The van der Waals surface area contributed by atoms with Gasteiger partial charge in [0.05, 0.1) is 18.1 Å². The molecule has 0 fully saturated rings. The monoisotopic (exact) mass is 345 g/mol. The number of carbonyl (C=O) groups excluding carboxylic acids is 1. The van der Waals surface area contributed by atoms with Crippen LogP contribution >= 0.6 is 0 Å². The predicted octanol–water partition coefficient (Wildman–Crippen LogP) is 3.28. The molecule has 136 valence electrons. The molecule has 0 aliphatic carbocycles. The second-order valence-electron chi connectivity index (χ2n) is 6.60. The van der Waals surface area contributed by atoms with Crippen molar-refractivity contribution in [2.45, 2.75) is 33.3 Å². The molecule has 0 aromatic carbocycles. The minimum absolute atomic E-state index is 0.194. The highest BCUT2D eigenvalue weighted by Gasteiger charge is 2.16. The first-order chi connectivity index (χ1) is 11.7. The van der Waals surface area contributed by atoms with E-state index in [-0.39, 0.29) is 5.92 Å². The first-order valence-electron chi connectivity index (χ1n) is 8.07. The maximum Gasteiger partial charge on any atom is 0.407 e. The van der Waals surface area contributed by atoms with Crippen LogP contribution in [0.2, 0.25) is 0 Å². The normalized spacial score (nSPS) is 12.9. The third kappa shape index (κ3) is 8.10. The Morgan fingerprint density at radius 2 is 2.08 bits per heavy atom. The first kappa shape index (κ1) is 20.3. The molecule has 7 nitrogen and oxygen atoms in total. The molecule has 7 heteroatoms. The van der Waals surface area contributed by atoms with E-state index < -0.39 is 11.7 Å². The average molecular weight is 345 g/mol. The number of nitrogens with zero attached hydrogens (tertiary/aromatic N) is 3. The number of hydrogen-bond donors (Lipinski definition) is 2. The van der Waals surface area contributed by atoms with Crippen LogP contribution in [0.5, 0.6) is 0 Å². The SMILES string of the molecule is C=C/C=C(\N=C)c1cnc(NCC(C)CNC(=O)OC(C)(C)C)cn1. The van der Waals surface area contributed by atoms with Gasteiger partial charge < -0.3 is 15.4 Å². The highest BCUT2D eigenvalue weighted by atomic mass is 16.6. The molecule has 1 rings (SSSR count). The van der Waals surface area contributed by atoms with Gasteiger partial charge in [0, 0.05) is 13.1 Å². The van der Waals surface area contributed by atoms with E-state index in [9.17, 15) is 4.79 Å². The van der Waals surface area contributed by atoms with Crippen molar-refractivity contribution in [2.75, 3.05) is 18.4 Å². The van der Waals surface area contributed by atoms with E-state index in [1.165, 1.54) is 0 Å². The van der Waals surface area contributed by atoms with Gasteiger partial charge >= 0.3 is 6.09 Å². The third-order valence-electron chi connectivity index (χ3n) is 2.99. The van der Waals surface area contributed by atoms with Gasteiger partial charge in [0.25, 0.3) is 0 Å². The van der Waals surface area contributed by atoms with Crippen LogP contribution in [-0.4, -0.2) is 41.5 Å². The first-order valence-corrected chi connectivity index (χ1v) is 8.07. The van der Waals surface area contributed by atoms with Crippen LogP contribution < -0.4 is 10.6 Å². The fraction of sp³-hybridized carbons (Fsp3) is 0.444. The number of aromatic nitrogens is 2. The van der Waals surface area contributed by atoms with Crippen molar-refractivity contribution in [1.29, 1.82) is 0 Å². The number of nitrogens with one attached hydrogen (secondary N) is 2. The number of allylic oxidation sites excluding steroid dienone is 2. The second kappa shape index (κ2) is 9.56. The molecule has 0 aliphatic heterocycles. The lowest BCUT2D eigenvalue weighted by molar-refractivity contribution is 0.0521. The smallest absolute Gasteiger partial charge is 0.407 e. The minimum Gasteiger partial charge on any atom is -0.444 e. The summed E-state index contributed by atoms with van der Waals surface area (Å²) in [6.45, 7) is 15.8. The summed E-state index contributed by atoms with van der Waals surface area (Å²) in [5, 5.41) is 5.93. The number of anilines is 1. The van der Waals surface area contributed by atoms with Crippen LogP contribution in [0.25, 0.3) is 5.70 Å². The topological polar surface area (TPSA) is 88.5 Å². The van der Waals surface area contributed by atoms with Crippen molar-refractivity contribution in [1.82, 2.24) is 15.3 Å². The lowest BCUT2D eigenvalue weighted by Gasteiger charge is -2.21. The van der Waals surface area contributed by atoms with Gasteiger partial charge in [-0.1, -0.05) is 19.6 Å². The van der Waals surface area contributed by atoms with Crippen LogP contribution in [0.4, 0.5) is 10.6 Å². The van der Waals surface area contributed by atoms with Gasteiger partial charge in [-0.15, -0.1) is 0 Å². The van der Waals surface area contributed by atoms with E-state index in [0.29, 0.717) is 30.3 Å². The number of aliphatic imine (C=N–C) groups is 1. The van der Waals surface area contributed by atoms with Crippen LogP contribution in [0, 0.1) is 5.92 Å². The molecule has 0 aliphatic rings. The van der Waals surface area contributed by atoms with Gasteiger partial charge in [-0.25, -0.2) is 14.8 Å². The van der Waals surface area contributed by atoms with E-state index in [1.54, 1.807) is 24.5 Å². The molecule has 1 unspecified atom stereocenters. The third-order valence-corrected chi connectivity index (χ3v) is 2.99. The molecule has 1 aromatic heterocycles. The number of rotatable bonds is 8. The van der Waals surface area contributed by atoms with E-state index in [4.69, 9.17) is 4.74 Å². The predicted molar refractivity (Wildman–Crippen MR) is 102 cm³/mol. The maximum atomic E-state index is 11.6. The summed E-state index contributed by atoms with van der Waals surface area (Å²) in [6.07, 6.45) is 6.18. The molecule has 2 N–H and O–H groups in total. The van der Waals surface area contributed by atoms with Gasteiger partial charge in [-0.05, 0) is 39.5 Å². The summed E-state index contributed by atoms with van der Waals surface area (Å²) in [5.74, 6) is 0.843. The van der Waals surface area contributed by atoms with E-state index in [1.807, 2.05) is 27.7 Å². The summed E-state index contributed by atoms with van der Waals surface area (Å²) in [5.41, 5.74) is 0.742. The molecule has 0 bridgehead atoms. The molecular weight excluding hydrogens is 318 g/mol. The number of hydrogen-bond acceptors (Lipinski definition) is 6. The number of carbonyl (C=O) groups is 1. The van der Waals surface area contributed by atoms with Gasteiger partial charge in [0.15, 0.2) is 0 Å². The lowest BCUT2D eigenvalue weighted by Crippen LogP contribution is -2.36. The van der Waals surface area contributed by atoms with Crippen LogP contribution in [0.1, 0.15) is 33.4 Å².